The second-order valence-electron chi connectivity index (χ2n) is 4.72. The van der Waals surface area contributed by atoms with Crippen LogP contribution in [-0.4, -0.2) is 31.4 Å². The van der Waals surface area contributed by atoms with Gasteiger partial charge in [-0.1, -0.05) is 6.92 Å². The molecule has 10 heteroatoms. The number of carbonyl (C=O) groups excluding carboxylic acids is 2. The van der Waals surface area contributed by atoms with Crippen LogP contribution in [0.2, 0.25) is 0 Å². The third-order valence-corrected chi connectivity index (χ3v) is 4.01. The third kappa shape index (κ3) is 4.29. The van der Waals surface area contributed by atoms with Crippen molar-refractivity contribution in [1.82, 2.24) is 30.4 Å². The highest BCUT2D eigenvalue weighted by Crippen LogP contribution is 2.09. The number of halogens is 2. The topological polar surface area (TPSA) is 93.8 Å². The first-order chi connectivity index (χ1) is 10.4. The van der Waals surface area contributed by atoms with Crippen molar-refractivity contribution >= 4 is 50.3 Å². The van der Waals surface area contributed by atoms with E-state index in [4.69, 9.17) is 0 Å². The van der Waals surface area contributed by atoms with Crippen molar-refractivity contribution in [2.45, 2.75) is 13.5 Å². The highest BCUT2D eigenvalue weighted by atomic mass is 127. The third-order valence-electron chi connectivity index (χ3n) is 2.81. The molecule has 2 amide bonds. The zero-order valence-corrected chi connectivity index (χ0v) is 15.6. The molecule has 0 radical (unpaired) electrons. The molecule has 0 aliphatic heterocycles. The van der Waals surface area contributed by atoms with Gasteiger partial charge in [0.2, 0.25) is 5.91 Å². The van der Waals surface area contributed by atoms with Crippen molar-refractivity contribution in [3.63, 3.8) is 0 Å². The summed E-state index contributed by atoms with van der Waals surface area (Å²) in [5.74, 6) is -1.10. The standard InChI is InChI=1S/C12H14BrIN6O2/c1-7(4-20-5-8(13)3-15-20)11(21)16-17-12(22)10-9(14)6-19(2)18-10/h3,5-7H,4H2,1-2H3,(H,16,21)(H,17,22). The van der Waals surface area contributed by atoms with Crippen LogP contribution in [0.25, 0.3) is 0 Å². The van der Waals surface area contributed by atoms with Gasteiger partial charge in [0.25, 0.3) is 5.91 Å². The molecule has 8 nitrogen and oxygen atoms in total. The second kappa shape index (κ2) is 7.22. The normalized spacial score (nSPS) is 12.0. The first-order valence-corrected chi connectivity index (χ1v) is 8.21. The van der Waals surface area contributed by atoms with Gasteiger partial charge in [-0.2, -0.15) is 10.2 Å². The van der Waals surface area contributed by atoms with Gasteiger partial charge < -0.3 is 0 Å². The minimum absolute atomic E-state index is 0.270. The molecule has 1 atom stereocenters. The van der Waals surface area contributed by atoms with E-state index < -0.39 is 5.91 Å². The average Bonchev–Trinajstić information content (AvgIpc) is 3.01. The van der Waals surface area contributed by atoms with Gasteiger partial charge in [-0.25, -0.2) is 0 Å². The van der Waals surface area contributed by atoms with Gasteiger partial charge in [-0.3, -0.25) is 29.8 Å². The number of hydrogen-bond acceptors (Lipinski definition) is 4. The molecular weight excluding hydrogens is 467 g/mol. The fourth-order valence-electron chi connectivity index (χ4n) is 1.72. The van der Waals surface area contributed by atoms with E-state index in [9.17, 15) is 9.59 Å². The maximum absolute atomic E-state index is 12.0. The molecule has 0 bridgehead atoms. The Balaban J connectivity index is 1.86. The van der Waals surface area contributed by atoms with Crippen LogP contribution in [0.15, 0.2) is 23.1 Å². The largest absolute Gasteiger partial charge is 0.291 e. The first-order valence-electron chi connectivity index (χ1n) is 6.34. The minimum atomic E-state index is -0.451. The van der Waals surface area contributed by atoms with Crippen molar-refractivity contribution in [3.05, 3.63) is 32.3 Å². The maximum atomic E-state index is 12.0. The lowest BCUT2D eigenvalue weighted by Gasteiger charge is -2.12. The second-order valence-corrected chi connectivity index (χ2v) is 6.80. The number of hydrazine groups is 1. The summed E-state index contributed by atoms with van der Waals surface area (Å²) in [5.41, 5.74) is 5.04. The predicted molar refractivity (Wildman–Crippen MR) is 90.6 cm³/mol. The number of nitrogens with zero attached hydrogens (tertiary/aromatic N) is 4. The Morgan fingerprint density at radius 2 is 2.14 bits per heavy atom. The summed E-state index contributed by atoms with van der Waals surface area (Å²) in [6.45, 7) is 2.16. The average molecular weight is 481 g/mol. The smallest absolute Gasteiger partial charge is 0.274 e. The maximum Gasteiger partial charge on any atom is 0.291 e. The van der Waals surface area contributed by atoms with Crippen molar-refractivity contribution in [1.29, 1.82) is 0 Å². The number of hydrogen-bond donors (Lipinski definition) is 2. The predicted octanol–water partition coefficient (Wildman–Crippen LogP) is 1.08. The highest BCUT2D eigenvalue weighted by molar-refractivity contribution is 14.1. The number of amides is 2. The van der Waals surface area contributed by atoms with Crippen molar-refractivity contribution in [3.8, 4) is 0 Å². The molecule has 0 spiro atoms. The van der Waals surface area contributed by atoms with E-state index in [0.717, 1.165) is 4.47 Å². The van der Waals surface area contributed by atoms with Crippen molar-refractivity contribution in [2.75, 3.05) is 0 Å². The molecule has 0 aromatic carbocycles. The quantitative estimate of drug-likeness (QED) is 0.505. The van der Waals surface area contributed by atoms with E-state index in [1.54, 1.807) is 37.2 Å². The summed E-state index contributed by atoms with van der Waals surface area (Å²) in [6.07, 6.45) is 5.14. The van der Waals surface area contributed by atoms with Crippen LogP contribution in [0.1, 0.15) is 17.4 Å². The highest BCUT2D eigenvalue weighted by Gasteiger charge is 2.18. The molecular formula is C12H14BrIN6O2. The van der Waals surface area contributed by atoms with Gasteiger partial charge in [0.15, 0.2) is 5.69 Å². The zero-order chi connectivity index (χ0) is 16.3. The molecule has 0 aliphatic carbocycles. The van der Waals surface area contributed by atoms with E-state index in [0.29, 0.717) is 10.1 Å². The SMILES string of the molecule is CC(Cn1cc(Br)cn1)C(=O)NNC(=O)c1nn(C)cc1I. The lowest BCUT2D eigenvalue weighted by Crippen LogP contribution is -2.45. The number of rotatable bonds is 4. The van der Waals surface area contributed by atoms with Crippen LogP contribution in [-0.2, 0) is 18.4 Å². The number of carbonyl (C=O) groups is 2. The first kappa shape index (κ1) is 16.9. The summed E-state index contributed by atoms with van der Waals surface area (Å²) >= 11 is 5.30. The molecule has 118 valence electrons. The molecule has 2 heterocycles. The number of nitrogens with one attached hydrogen (secondary N) is 2. The van der Waals surface area contributed by atoms with Crippen LogP contribution in [0.3, 0.4) is 0 Å². The molecule has 2 N–H and O–H groups in total. The Labute approximate surface area is 148 Å². The fraction of sp³-hybridized carbons (Fsp3) is 0.333. The summed E-state index contributed by atoms with van der Waals surface area (Å²) in [4.78, 5) is 23.9. The summed E-state index contributed by atoms with van der Waals surface area (Å²) in [5, 5.41) is 8.11. The molecule has 2 rings (SSSR count). The van der Waals surface area contributed by atoms with Gasteiger partial charge in [0.05, 0.1) is 26.7 Å². The molecule has 0 aliphatic rings. The van der Waals surface area contributed by atoms with Crippen LogP contribution >= 0.6 is 38.5 Å². The summed E-state index contributed by atoms with van der Waals surface area (Å²) < 4.78 is 4.74. The Kier molecular flexibility index (Phi) is 5.56. The Bertz CT molecular complexity index is 698. The molecule has 1 unspecified atom stereocenters. The Morgan fingerprint density at radius 3 is 2.68 bits per heavy atom. The lowest BCUT2D eigenvalue weighted by atomic mass is 10.2. The number of aromatic nitrogens is 4. The Hall–Kier alpha value is -1.43. The molecule has 2 aromatic rings. The van der Waals surface area contributed by atoms with Gasteiger partial charge in [0, 0.05) is 19.4 Å². The molecule has 2 aromatic heterocycles. The van der Waals surface area contributed by atoms with Gasteiger partial charge in [-0.05, 0) is 38.5 Å². The van der Waals surface area contributed by atoms with E-state index in [2.05, 4.69) is 37.0 Å². The van der Waals surface area contributed by atoms with Crippen LogP contribution < -0.4 is 10.9 Å². The molecule has 0 saturated heterocycles. The van der Waals surface area contributed by atoms with E-state index >= 15 is 0 Å². The zero-order valence-electron chi connectivity index (χ0n) is 11.9. The van der Waals surface area contributed by atoms with E-state index in [1.165, 1.54) is 4.68 Å². The fourth-order valence-corrected chi connectivity index (χ4v) is 2.80. The molecule has 0 fully saturated rings. The number of aryl methyl sites for hydroxylation is 1. The van der Waals surface area contributed by atoms with Crippen molar-refractivity contribution in [2.24, 2.45) is 13.0 Å². The van der Waals surface area contributed by atoms with E-state index in [-0.39, 0.29) is 17.5 Å². The van der Waals surface area contributed by atoms with Crippen LogP contribution in [0.4, 0.5) is 0 Å². The molecule has 22 heavy (non-hydrogen) atoms. The molecule has 0 saturated carbocycles. The minimum Gasteiger partial charge on any atom is -0.274 e. The monoisotopic (exact) mass is 480 g/mol. The lowest BCUT2D eigenvalue weighted by molar-refractivity contribution is -0.125. The van der Waals surface area contributed by atoms with Gasteiger partial charge in [0.1, 0.15) is 0 Å². The van der Waals surface area contributed by atoms with Gasteiger partial charge >= 0.3 is 0 Å². The van der Waals surface area contributed by atoms with E-state index in [1.807, 2.05) is 22.6 Å². The van der Waals surface area contributed by atoms with Crippen LogP contribution in [0.5, 0.6) is 0 Å². The van der Waals surface area contributed by atoms with Crippen molar-refractivity contribution < 1.29 is 9.59 Å². The van der Waals surface area contributed by atoms with Gasteiger partial charge in [-0.15, -0.1) is 0 Å². The summed E-state index contributed by atoms with van der Waals surface area (Å²) in [6, 6.07) is 0. The summed E-state index contributed by atoms with van der Waals surface area (Å²) in [7, 11) is 1.72. The Morgan fingerprint density at radius 1 is 1.41 bits per heavy atom. The van der Waals surface area contributed by atoms with Crippen LogP contribution in [0, 0.1) is 9.49 Å².